The second kappa shape index (κ2) is 4.11. The summed E-state index contributed by atoms with van der Waals surface area (Å²) in [5.74, 6) is 5.55. The molecule has 4 heteroatoms. The fraction of sp³-hybridized carbons (Fsp3) is 0.417. The maximum absolute atomic E-state index is 12.0. The standard InChI is InChI=1S/C12H16N2OS/c1-14(13)11(15)12(7-8-12)9-3-5-10(16-2)6-4-9/h3-6H,7-8,13H2,1-2H3. The van der Waals surface area contributed by atoms with Crippen LogP contribution < -0.4 is 5.84 Å². The normalized spacial score (nSPS) is 16.9. The zero-order chi connectivity index (χ0) is 11.8. The summed E-state index contributed by atoms with van der Waals surface area (Å²) in [6.07, 6.45) is 3.86. The molecule has 1 aliphatic carbocycles. The molecule has 0 bridgehead atoms. The molecular weight excluding hydrogens is 220 g/mol. The number of likely N-dealkylation sites (N-methyl/N-ethyl adjacent to an activating group) is 1. The average Bonchev–Trinajstić information content (AvgIpc) is 3.09. The monoisotopic (exact) mass is 236 g/mol. The van der Waals surface area contributed by atoms with Crippen LogP contribution in [0.2, 0.25) is 0 Å². The molecule has 0 spiro atoms. The zero-order valence-corrected chi connectivity index (χ0v) is 10.4. The number of carbonyl (C=O) groups excluding carboxylic acids is 1. The summed E-state index contributed by atoms with van der Waals surface area (Å²) >= 11 is 1.70. The summed E-state index contributed by atoms with van der Waals surface area (Å²) < 4.78 is 0. The second-order valence-electron chi connectivity index (χ2n) is 4.23. The Morgan fingerprint density at radius 3 is 2.31 bits per heavy atom. The third-order valence-electron chi connectivity index (χ3n) is 3.12. The van der Waals surface area contributed by atoms with Crippen molar-refractivity contribution in [2.75, 3.05) is 13.3 Å². The maximum Gasteiger partial charge on any atom is 0.246 e. The first kappa shape index (κ1) is 11.5. The number of rotatable bonds is 3. The van der Waals surface area contributed by atoms with Gasteiger partial charge in [-0.2, -0.15) is 0 Å². The van der Waals surface area contributed by atoms with E-state index in [0.717, 1.165) is 18.4 Å². The largest absolute Gasteiger partial charge is 0.283 e. The van der Waals surface area contributed by atoms with Crippen LogP contribution in [0, 0.1) is 0 Å². The molecule has 0 aliphatic heterocycles. The number of benzene rings is 1. The van der Waals surface area contributed by atoms with Gasteiger partial charge in [0.05, 0.1) is 5.41 Å². The van der Waals surface area contributed by atoms with E-state index in [1.165, 1.54) is 9.90 Å². The van der Waals surface area contributed by atoms with Gasteiger partial charge in [0.25, 0.3) is 0 Å². The number of hydrogen-bond acceptors (Lipinski definition) is 3. The van der Waals surface area contributed by atoms with Gasteiger partial charge in [0.15, 0.2) is 0 Å². The first-order chi connectivity index (χ1) is 7.60. The van der Waals surface area contributed by atoms with Crippen LogP contribution >= 0.6 is 11.8 Å². The highest BCUT2D eigenvalue weighted by atomic mass is 32.2. The van der Waals surface area contributed by atoms with Crippen LogP contribution in [0.4, 0.5) is 0 Å². The number of hydrogen-bond donors (Lipinski definition) is 1. The van der Waals surface area contributed by atoms with Crippen LogP contribution in [0.25, 0.3) is 0 Å². The Kier molecular flexibility index (Phi) is 2.95. The lowest BCUT2D eigenvalue weighted by Crippen LogP contribution is -2.41. The van der Waals surface area contributed by atoms with Gasteiger partial charge in [0.2, 0.25) is 5.91 Å². The minimum absolute atomic E-state index is 0.0180. The van der Waals surface area contributed by atoms with E-state index in [2.05, 4.69) is 12.1 Å². The number of amides is 1. The van der Waals surface area contributed by atoms with Gasteiger partial charge in [-0.3, -0.25) is 9.80 Å². The fourth-order valence-corrected chi connectivity index (χ4v) is 2.41. The molecule has 1 saturated carbocycles. The molecule has 0 unspecified atom stereocenters. The summed E-state index contributed by atoms with van der Waals surface area (Å²) in [7, 11) is 1.61. The molecule has 2 rings (SSSR count). The highest BCUT2D eigenvalue weighted by molar-refractivity contribution is 7.98. The van der Waals surface area contributed by atoms with Crippen molar-refractivity contribution in [1.29, 1.82) is 0 Å². The summed E-state index contributed by atoms with van der Waals surface area (Å²) in [5, 5.41) is 1.20. The number of hydrazine groups is 1. The molecule has 1 fully saturated rings. The van der Waals surface area contributed by atoms with E-state index in [1.807, 2.05) is 18.4 Å². The van der Waals surface area contributed by atoms with E-state index in [-0.39, 0.29) is 11.3 Å². The van der Waals surface area contributed by atoms with Gasteiger partial charge in [-0.05, 0) is 36.8 Å². The van der Waals surface area contributed by atoms with E-state index in [9.17, 15) is 4.79 Å². The van der Waals surface area contributed by atoms with Crippen LogP contribution in [0.3, 0.4) is 0 Å². The van der Waals surface area contributed by atoms with E-state index in [4.69, 9.17) is 5.84 Å². The topological polar surface area (TPSA) is 46.3 Å². The Morgan fingerprint density at radius 1 is 1.38 bits per heavy atom. The molecular formula is C12H16N2OS. The fourth-order valence-electron chi connectivity index (χ4n) is 2.00. The molecule has 16 heavy (non-hydrogen) atoms. The van der Waals surface area contributed by atoms with Crippen LogP contribution in [0.15, 0.2) is 29.2 Å². The molecule has 0 saturated heterocycles. The molecule has 0 heterocycles. The van der Waals surface area contributed by atoms with Crippen molar-refractivity contribution in [3.63, 3.8) is 0 Å². The molecule has 1 aromatic rings. The quantitative estimate of drug-likeness (QED) is 0.376. The molecule has 1 aromatic carbocycles. The predicted octanol–water partition coefficient (Wildman–Crippen LogP) is 1.77. The van der Waals surface area contributed by atoms with Gasteiger partial charge in [-0.25, -0.2) is 5.84 Å². The van der Waals surface area contributed by atoms with Crippen molar-refractivity contribution in [2.45, 2.75) is 23.2 Å². The number of nitrogens with zero attached hydrogens (tertiary/aromatic N) is 1. The Morgan fingerprint density at radius 2 is 1.94 bits per heavy atom. The van der Waals surface area contributed by atoms with Gasteiger partial charge in [0.1, 0.15) is 0 Å². The van der Waals surface area contributed by atoms with Gasteiger partial charge in [-0.1, -0.05) is 12.1 Å². The van der Waals surface area contributed by atoms with Crippen LogP contribution in [0.5, 0.6) is 0 Å². The first-order valence-corrected chi connectivity index (χ1v) is 6.50. The molecule has 0 radical (unpaired) electrons. The Labute approximate surface area is 100.0 Å². The summed E-state index contributed by atoms with van der Waals surface area (Å²) in [6, 6.07) is 8.20. The molecule has 0 atom stereocenters. The Balaban J connectivity index is 2.26. The first-order valence-electron chi connectivity index (χ1n) is 5.27. The lowest BCUT2D eigenvalue weighted by Gasteiger charge is -2.19. The van der Waals surface area contributed by atoms with Gasteiger partial charge in [0, 0.05) is 11.9 Å². The van der Waals surface area contributed by atoms with Crippen LogP contribution in [-0.4, -0.2) is 24.2 Å². The molecule has 1 amide bonds. The van der Waals surface area contributed by atoms with Gasteiger partial charge >= 0.3 is 0 Å². The predicted molar refractivity (Wildman–Crippen MR) is 66.1 cm³/mol. The van der Waals surface area contributed by atoms with Crippen molar-refractivity contribution in [3.05, 3.63) is 29.8 Å². The lowest BCUT2D eigenvalue weighted by molar-refractivity contribution is -0.132. The van der Waals surface area contributed by atoms with E-state index >= 15 is 0 Å². The van der Waals surface area contributed by atoms with Crippen molar-refractivity contribution in [2.24, 2.45) is 5.84 Å². The number of nitrogens with two attached hydrogens (primary N) is 1. The van der Waals surface area contributed by atoms with Crippen LogP contribution in [-0.2, 0) is 10.2 Å². The Hall–Kier alpha value is -1.00. The Bertz CT molecular complexity index is 396. The van der Waals surface area contributed by atoms with Crippen molar-refractivity contribution in [1.82, 2.24) is 5.01 Å². The summed E-state index contributed by atoms with van der Waals surface area (Å²) in [4.78, 5) is 13.2. The molecule has 0 aromatic heterocycles. The van der Waals surface area contributed by atoms with E-state index in [0.29, 0.717) is 0 Å². The highest BCUT2D eigenvalue weighted by Crippen LogP contribution is 2.49. The smallest absolute Gasteiger partial charge is 0.246 e. The third-order valence-corrected chi connectivity index (χ3v) is 3.87. The highest BCUT2D eigenvalue weighted by Gasteiger charge is 2.52. The lowest BCUT2D eigenvalue weighted by atomic mass is 9.95. The number of carbonyl (C=O) groups is 1. The van der Waals surface area contributed by atoms with Crippen molar-refractivity contribution < 1.29 is 4.79 Å². The molecule has 86 valence electrons. The molecule has 1 aliphatic rings. The van der Waals surface area contributed by atoms with Crippen LogP contribution in [0.1, 0.15) is 18.4 Å². The third kappa shape index (κ3) is 1.83. The van der Waals surface area contributed by atoms with E-state index < -0.39 is 0 Å². The minimum atomic E-state index is -0.333. The summed E-state index contributed by atoms with van der Waals surface area (Å²) in [5.41, 5.74) is 0.757. The number of thioether (sulfide) groups is 1. The minimum Gasteiger partial charge on any atom is -0.283 e. The maximum atomic E-state index is 12.0. The van der Waals surface area contributed by atoms with Gasteiger partial charge < -0.3 is 0 Å². The molecule has 2 N–H and O–H groups in total. The second-order valence-corrected chi connectivity index (χ2v) is 5.11. The van der Waals surface area contributed by atoms with Crippen molar-refractivity contribution >= 4 is 17.7 Å². The van der Waals surface area contributed by atoms with Crippen molar-refractivity contribution in [3.8, 4) is 0 Å². The molecule has 3 nitrogen and oxygen atoms in total. The SMILES string of the molecule is CSc1ccc(C2(C(=O)N(C)N)CC2)cc1. The average molecular weight is 236 g/mol. The zero-order valence-electron chi connectivity index (χ0n) is 9.56. The van der Waals surface area contributed by atoms with E-state index in [1.54, 1.807) is 18.8 Å². The van der Waals surface area contributed by atoms with Gasteiger partial charge in [-0.15, -0.1) is 11.8 Å². The summed E-state index contributed by atoms with van der Waals surface area (Å²) in [6.45, 7) is 0.